The van der Waals surface area contributed by atoms with Crippen LogP contribution in [0.1, 0.15) is 22.3 Å². The summed E-state index contributed by atoms with van der Waals surface area (Å²) in [6.07, 6.45) is 0. The number of rotatable bonds is 4. The molecule has 92 valence electrons. The fourth-order valence-corrected chi connectivity index (χ4v) is 6.23. The van der Waals surface area contributed by atoms with Crippen LogP contribution in [0, 0.1) is 13.8 Å². The molecule has 18 heavy (non-hydrogen) atoms. The van der Waals surface area contributed by atoms with Crippen molar-refractivity contribution in [3.8, 4) is 0 Å². The van der Waals surface area contributed by atoms with Gasteiger partial charge in [-0.1, -0.05) is 0 Å². The van der Waals surface area contributed by atoms with E-state index in [-0.39, 0.29) is 0 Å². The molecule has 0 aliphatic rings. The van der Waals surface area contributed by atoms with E-state index in [0.717, 1.165) is 8.87 Å². The van der Waals surface area contributed by atoms with Crippen molar-refractivity contribution in [1.29, 1.82) is 0 Å². The van der Waals surface area contributed by atoms with E-state index < -0.39 is 19.7 Å². The van der Waals surface area contributed by atoms with E-state index in [0.29, 0.717) is 0 Å². The van der Waals surface area contributed by atoms with E-state index in [1.165, 1.54) is 22.3 Å². The number of benzene rings is 2. The van der Waals surface area contributed by atoms with Gasteiger partial charge in [-0.3, -0.25) is 0 Å². The maximum absolute atomic E-state index is 12.2. The normalized spacial score (nSPS) is 10.3. The predicted octanol–water partition coefficient (Wildman–Crippen LogP) is 3.59. The van der Waals surface area contributed by atoms with Gasteiger partial charge in [-0.25, -0.2) is 0 Å². The Balaban J connectivity index is 1.96. The summed E-state index contributed by atoms with van der Waals surface area (Å²) in [6.45, 7) is 4.15. The molecular weight excluding hydrogens is 327 g/mol. The third-order valence-corrected chi connectivity index (χ3v) is 7.63. The zero-order valence-electron chi connectivity index (χ0n) is 10.9. The van der Waals surface area contributed by atoms with Crippen LogP contribution in [0.25, 0.3) is 0 Å². The van der Waals surface area contributed by atoms with E-state index in [9.17, 15) is 3.08 Å². The number of aryl methyl sites for hydroxylation is 2. The van der Waals surface area contributed by atoms with Crippen LogP contribution in [0.15, 0.2) is 48.5 Å². The topological polar surface area (TPSA) is 17.1 Å². The van der Waals surface area contributed by atoms with E-state index in [1.807, 2.05) is 0 Å². The average molecular weight is 345 g/mol. The van der Waals surface area contributed by atoms with E-state index in [4.69, 9.17) is 0 Å². The van der Waals surface area contributed by atoms with Crippen molar-refractivity contribution in [3.63, 3.8) is 0 Å². The fraction of sp³-hybridized carbons (Fsp3) is 0.250. The van der Waals surface area contributed by atoms with Crippen molar-refractivity contribution in [2.45, 2.75) is 22.7 Å². The molecule has 2 aromatic rings. The molecule has 0 spiro atoms. The van der Waals surface area contributed by atoms with Gasteiger partial charge in [0, 0.05) is 0 Å². The maximum atomic E-state index is 12.2. The third kappa shape index (κ3) is 4.05. The molecule has 0 fully saturated rings. The molecular formula is C16H18OSn. The monoisotopic (exact) mass is 346 g/mol. The van der Waals surface area contributed by atoms with Crippen LogP contribution in [-0.2, 0) is 12.0 Å². The summed E-state index contributed by atoms with van der Waals surface area (Å²) >= 11 is -2.51. The predicted molar refractivity (Wildman–Crippen MR) is 76.2 cm³/mol. The summed E-state index contributed by atoms with van der Waals surface area (Å²) in [5.74, 6) is 0. The molecule has 0 amide bonds. The first-order valence-electron chi connectivity index (χ1n) is 6.26. The summed E-state index contributed by atoms with van der Waals surface area (Å²) in [5.41, 5.74) is 4.95. The van der Waals surface area contributed by atoms with Gasteiger partial charge in [-0.2, -0.15) is 0 Å². The number of hydrogen-bond donors (Lipinski definition) is 0. The molecule has 1 nitrogen and oxygen atoms in total. The molecule has 2 heteroatoms. The summed E-state index contributed by atoms with van der Waals surface area (Å²) in [7, 11) is 0. The van der Waals surface area contributed by atoms with Crippen LogP contribution in [0.3, 0.4) is 0 Å². The van der Waals surface area contributed by atoms with Gasteiger partial charge < -0.3 is 0 Å². The molecule has 0 aliphatic carbocycles. The van der Waals surface area contributed by atoms with Gasteiger partial charge in [0.15, 0.2) is 0 Å². The van der Waals surface area contributed by atoms with Crippen LogP contribution >= 0.6 is 0 Å². The molecule has 0 saturated carbocycles. The van der Waals surface area contributed by atoms with Crippen molar-refractivity contribution < 1.29 is 3.08 Å². The van der Waals surface area contributed by atoms with Crippen LogP contribution in [0.2, 0.25) is 0 Å². The molecule has 0 aromatic heterocycles. The minimum absolute atomic E-state index is 0.802. The molecule has 0 heterocycles. The Morgan fingerprint density at radius 2 is 1.06 bits per heavy atom. The molecule has 0 bridgehead atoms. The van der Waals surface area contributed by atoms with E-state index in [2.05, 4.69) is 62.4 Å². The Bertz CT molecular complexity index is 477. The second-order valence-electron chi connectivity index (χ2n) is 4.86. The van der Waals surface area contributed by atoms with Gasteiger partial charge in [-0.15, -0.1) is 0 Å². The van der Waals surface area contributed by atoms with Gasteiger partial charge in [0.1, 0.15) is 0 Å². The summed E-state index contributed by atoms with van der Waals surface area (Å²) in [6, 6.07) is 16.8. The van der Waals surface area contributed by atoms with Gasteiger partial charge in [0.05, 0.1) is 0 Å². The zero-order chi connectivity index (χ0) is 13.0. The molecule has 0 radical (unpaired) electrons. The Labute approximate surface area is 116 Å². The fourth-order valence-electron chi connectivity index (χ4n) is 1.93. The second kappa shape index (κ2) is 6.28. The van der Waals surface area contributed by atoms with Crippen LogP contribution in [-0.4, -0.2) is 19.7 Å². The van der Waals surface area contributed by atoms with Crippen molar-refractivity contribution in [1.82, 2.24) is 0 Å². The Morgan fingerprint density at radius 1 is 0.722 bits per heavy atom. The third-order valence-electron chi connectivity index (χ3n) is 3.04. The number of hydrogen-bond acceptors (Lipinski definition) is 1. The Hall–Kier alpha value is -0.961. The first-order chi connectivity index (χ1) is 8.63. The molecule has 2 rings (SSSR count). The van der Waals surface area contributed by atoms with Crippen LogP contribution in [0.4, 0.5) is 0 Å². The van der Waals surface area contributed by atoms with Crippen molar-refractivity contribution in [2.75, 3.05) is 0 Å². The second-order valence-corrected chi connectivity index (χ2v) is 9.96. The molecule has 0 N–H and O–H groups in total. The molecule has 0 saturated heterocycles. The summed E-state index contributed by atoms with van der Waals surface area (Å²) in [5, 5.41) is 0. The van der Waals surface area contributed by atoms with Gasteiger partial charge in [0.2, 0.25) is 0 Å². The Morgan fingerprint density at radius 3 is 1.39 bits per heavy atom. The SMILES string of the molecule is Cc1ccc([CH2][Sn](=[O])[CH2]c2ccc(C)cc2)cc1. The summed E-state index contributed by atoms with van der Waals surface area (Å²) in [4.78, 5) is 0. The molecule has 0 aliphatic heterocycles. The molecule has 0 atom stereocenters. The summed E-state index contributed by atoms with van der Waals surface area (Å²) < 4.78 is 13.8. The van der Waals surface area contributed by atoms with Gasteiger partial charge >= 0.3 is 116 Å². The van der Waals surface area contributed by atoms with E-state index >= 15 is 0 Å². The van der Waals surface area contributed by atoms with Gasteiger partial charge in [0.25, 0.3) is 0 Å². The first kappa shape index (κ1) is 13.5. The average Bonchev–Trinajstić information content (AvgIpc) is 2.35. The van der Waals surface area contributed by atoms with Crippen LogP contribution in [0.5, 0.6) is 0 Å². The molecule has 2 aromatic carbocycles. The van der Waals surface area contributed by atoms with Crippen molar-refractivity contribution >= 4 is 19.7 Å². The zero-order valence-corrected chi connectivity index (χ0v) is 13.8. The molecule has 0 unspecified atom stereocenters. The quantitative estimate of drug-likeness (QED) is 0.775. The first-order valence-corrected chi connectivity index (χ1v) is 11.5. The van der Waals surface area contributed by atoms with Crippen molar-refractivity contribution in [2.24, 2.45) is 0 Å². The minimum atomic E-state index is -2.51. The van der Waals surface area contributed by atoms with E-state index in [1.54, 1.807) is 0 Å². The van der Waals surface area contributed by atoms with Crippen LogP contribution < -0.4 is 0 Å². The standard InChI is InChI=1S/2C8H9.O.Sn/c2*1-7-3-5-8(2)6-4-7;;/h2*3-6H,1H2,2H3;;. The van der Waals surface area contributed by atoms with Gasteiger partial charge in [-0.05, 0) is 0 Å². The van der Waals surface area contributed by atoms with Crippen molar-refractivity contribution in [3.05, 3.63) is 70.8 Å². The Kier molecular flexibility index (Phi) is 4.70.